The van der Waals surface area contributed by atoms with E-state index in [-0.39, 0.29) is 24.0 Å². The number of halogens is 1. The fourth-order valence-corrected chi connectivity index (χ4v) is 1.90. The first-order chi connectivity index (χ1) is 9.45. The van der Waals surface area contributed by atoms with Crippen LogP contribution in [0.15, 0.2) is 4.99 Å². The van der Waals surface area contributed by atoms with Gasteiger partial charge < -0.3 is 20.7 Å². The molecule has 1 unspecified atom stereocenters. The summed E-state index contributed by atoms with van der Waals surface area (Å²) in [5.74, 6) is 1.33. The zero-order valence-corrected chi connectivity index (χ0v) is 16.7. The number of likely N-dealkylation sites (N-methyl/N-ethyl adjacent to an activating group) is 1. The second kappa shape index (κ2) is 14.8. The third-order valence-electron chi connectivity index (χ3n) is 3.25. The Labute approximate surface area is 148 Å². The van der Waals surface area contributed by atoms with Gasteiger partial charge in [0.25, 0.3) is 0 Å². The maximum atomic E-state index is 5.89. The van der Waals surface area contributed by atoms with Gasteiger partial charge in [-0.3, -0.25) is 4.99 Å². The van der Waals surface area contributed by atoms with Crippen molar-refractivity contribution in [2.24, 2.45) is 16.6 Å². The third kappa shape index (κ3) is 16.1. The van der Waals surface area contributed by atoms with Gasteiger partial charge in [-0.15, -0.1) is 24.0 Å². The molecular weight excluding hydrogens is 379 g/mol. The Balaban J connectivity index is 0. The average Bonchev–Trinajstić information content (AvgIpc) is 2.35. The first-order valence-corrected chi connectivity index (χ1v) is 7.69. The van der Waals surface area contributed by atoms with E-state index in [0.717, 1.165) is 38.6 Å². The van der Waals surface area contributed by atoms with Crippen molar-refractivity contribution in [1.29, 1.82) is 0 Å². The molecule has 0 saturated carbocycles. The van der Waals surface area contributed by atoms with Gasteiger partial charge in [-0.2, -0.15) is 0 Å². The van der Waals surface area contributed by atoms with Crippen LogP contribution in [-0.4, -0.2) is 57.3 Å². The highest BCUT2D eigenvalue weighted by molar-refractivity contribution is 14.0. The normalized spacial score (nSPS) is 13.4. The SMILES string of the molecule is COCCN(C)CCN=C(N)NC(C)CCCC(C)C.I. The molecule has 0 rings (SSSR count). The molecule has 0 aliphatic carbocycles. The second-order valence-corrected chi connectivity index (χ2v) is 5.93. The first kappa shape index (κ1) is 23.2. The summed E-state index contributed by atoms with van der Waals surface area (Å²) < 4.78 is 5.03. The van der Waals surface area contributed by atoms with Gasteiger partial charge >= 0.3 is 0 Å². The number of guanidine groups is 1. The fourth-order valence-electron chi connectivity index (χ4n) is 1.90. The lowest BCUT2D eigenvalue weighted by Gasteiger charge is -2.16. The largest absolute Gasteiger partial charge is 0.383 e. The molecule has 0 saturated heterocycles. The van der Waals surface area contributed by atoms with Crippen molar-refractivity contribution in [3.05, 3.63) is 0 Å². The van der Waals surface area contributed by atoms with Gasteiger partial charge in [-0.25, -0.2) is 0 Å². The van der Waals surface area contributed by atoms with Crippen LogP contribution in [0, 0.1) is 5.92 Å². The van der Waals surface area contributed by atoms with E-state index in [0.29, 0.717) is 12.0 Å². The monoisotopic (exact) mass is 414 g/mol. The first-order valence-electron chi connectivity index (χ1n) is 7.69. The second-order valence-electron chi connectivity index (χ2n) is 5.93. The number of nitrogens with two attached hydrogens (primary N) is 1. The highest BCUT2D eigenvalue weighted by Crippen LogP contribution is 2.07. The van der Waals surface area contributed by atoms with E-state index >= 15 is 0 Å². The minimum absolute atomic E-state index is 0. The van der Waals surface area contributed by atoms with Gasteiger partial charge in [0.05, 0.1) is 13.2 Å². The lowest BCUT2D eigenvalue weighted by Crippen LogP contribution is -2.39. The van der Waals surface area contributed by atoms with E-state index in [4.69, 9.17) is 10.5 Å². The molecule has 0 aromatic rings. The topological polar surface area (TPSA) is 62.9 Å². The Bertz CT molecular complexity index is 262. The van der Waals surface area contributed by atoms with Crippen molar-refractivity contribution in [1.82, 2.24) is 10.2 Å². The number of hydrogen-bond donors (Lipinski definition) is 2. The minimum atomic E-state index is 0. The zero-order chi connectivity index (χ0) is 15.4. The number of rotatable bonds is 11. The predicted molar refractivity (Wildman–Crippen MR) is 103 cm³/mol. The quantitative estimate of drug-likeness (QED) is 0.310. The van der Waals surface area contributed by atoms with Crippen LogP contribution in [-0.2, 0) is 4.74 Å². The minimum Gasteiger partial charge on any atom is -0.383 e. The molecule has 0 radical (unpaired) electrons. The molecule has 5 nitrogen and oxygen atoms in total. The van der Waals surface area contributed by atoms with Crippen LogP contribution < -0.4 is 11.1 Å². The van der Waals surface area contributed by atoms with Gasteiger partial charge in [0, 0.05) is 26.2 Å². The number of aliphatic imine (C=N–C) groups is 1. The van der Waals surface area contributed by atoms with E-state index < -0.39 is 0 Å². The summed E-state index contributed by atoms with van der Waals surface area (Å²) in [7, 11) is 3.78. The molecule has 6 heteroatoms. The van der Waals surface area contributed by atoms with E-state index in [2.05, 4.69) is 43.0 Å². The molecule has 128 valence electrons. The molecule has 0 aromatic heterocycles. The van der Waals surface area contributed by atoms with E-state index in [1.54, 1.807) is 7.11 Å². The van der Waals surface area contributed by atoms with Crippen LogP contribution in [0.3, 0.4) is 0 Å². The Kier molecular flexibility index (Phi) is 16.4. The lowest BCUT2D eigenvalue weighted by molar-refractivity contribution is 0.163. The van der Waals surface area contributed by atoms with Crippen molar-refractivity contribution in [2.45, 2.75) is 46.1 Å². The number of hydrogen-bond acceptors (Lipinski definition) is 3. The smallest absolute Gasteiger partial charge is 0.188 e. The Morgan fingerprint density at radius 3 is 2.48 bits per heavy atom. The molecule has 0 aromatic carbocycles. The van der Waals surface area contributed by atoms with Gasteiger partial charge in [0.2, 0.25) is 0 Å². The van der Waals surface area contributed by atoms with Crippen LogP contribution in [0.1, 0.15) is 40.0 Å². The molecule has 0 heterocycles. The van der Waals surface area contributed by atoms with Gasteiger partial charge in [-0.05, 0) is 26.3 Å². The molecule has 0 fully saturated rings. The summed E-state index contributed by atoms with van der Waals surface area (Å²) in [5, 5.41) is 3.26. The molecule has 0 aliphatic heterocycles. The van der Waals surface area contributed by atoms with Gasteiger partial charge in [0.15, 0.2) is 5.96 Å². The summed E-state index contributed by atoms with van der Waals surface area (Å²) >= 11 is 0. The summed E-state index contributed by atoms with van der Waals surface area (Å²) in [6.45, 7) is 9.96. The van der Waals surface area contributed by atoms with Crippen LogP contribution in [0.2, 0.25) is 0 Å². The van der Waals surface area contributed by atoms with Crippen molar-refractivity contribution in [3.63, 3.8) is 0 Å². The zero-order valence-electron chi connectivity index (χ0n) is 14.4. The molecular formula is C15H35IN4O. The highest BCUT2D eigenvalue weighted by atomic mass is 127. The number of methoxy groups -OCH3 is 1. The third-order valence-corrected chi connectivity index (χ3v) is 3.25. The van der Waals surface area contributed by atoms with Gasteiger partial charge in [-0.1, -0.05) is 26.7 Å². The van der Waals surface area contributed by atoms with Crippen LogP contribution in [0.4, 0.5) is 0 Å². The van der Waals surface area contributed by atoms with E-state index in [9.17, 15) is 0 Å². The van der Waals surface area contributed by atoms with E-state index in [1.807, 2.05) is 0 Å². The number of nitrogens with zero attached hydrogens (tertiary/aromatic N) is 2. The predicted octanol–water partition coefficient (Wildman–Crippen LogP) is 2.30. The van der Waals surface area contributed by atoms with E-state index in [1.165, 1.54) is 12.8 Å². The van der Waals surface area contributed by atoms with Crippen molar-refractivity contribution in [2.75, 3.05) is 40.4 Å². The van der Waals surface area contributed by atoms with Crippen molar-refractivity contribution in [3.8, 4) is 0 Å². The number of ether oxygens (including phenoxy) is 1. The highest BCUT2D eigenvalue weighted by Gasteiger charge is 2.04. The molecule has 0 spiro atoms. The maximum Gasteiger partial charge on any atom is 0.188 e. The summed E-state index contributed by atoms with van der Waals surface area (Å²) in [6, 6.07) is 0.392. The van der Waals surface area contributed by atoms with Crippen LogP contribution in [0.25, 0.3) is 0 Å². The summed E-state index contributed by atoms with van der Waals surface area (Å²) in [6.07, 6.45) is 3.65. The molecule has 0 amide bonds. The van der Waals surface area contributed by atoms with Crippen LogP contribution in [0.5, 0.6) is 0 Å². The molecule has 1 atom stereocenters. The molecule has 3 N–H and O–H groups in total. The van der Waals surface area contributed by atoms with Crippen molar-refractivity contribution < 1.29 is 4.74 Å². The average molecular weight is 414 g/mol. The molecule has 21 heavy (non-hydrogen) atoms. The molecule has 0 bridgehead atoms. The fraction of sp³-hybridized carbons (Fsp3) is 0.933. The van der Waals surface area contributed by atoms with Crippen molar-refractivity contribution >= 4 is 29.9 Å². The van der Waals surface area contributed by atoms with Crippen LogP contribution >= 0.6 is 24.0 Å². The maximum absolute atomic E-state index is 5.89. The van der Waals surface area contributed by atoms with Gasteiger partial charge in [0.1, 0.15) is 0 Å². The Hall–Kier alpha value is -0.0800. The summed E-state index contributed by atoms with van der Waals surface area (Å²) in [5.41, 5.74) is 5.89. The lowest BCUT2D eigenvalue weighted by atomic mass is 10.0. The standard InChI is InChI=1S/C15H34N4O.HI/c1-13(2)7-6-8-14(3)18-15(16)17-9-10-19(4)11-12-20-5;/h13-14H,6-12H2,1-5H3,(H3,16,17,18);1H. The number of nitrogens with one attached hydrogen (secondary N) is 1. The Morgan fingerprint density at radius 2 is 1.90 bits per heavy atom. The molecule has 0 aliphatic rings. The Morgan fingerprint density at radius 1 is 1.24 bits per heavy atom. The summed E-state index contributed by atoms with van der Waals surface area (Å²) in [4.78, 5) is 6.54.